The quantitative estimate of drug-likeness (QED) is 0.693. The van der Waals surface area contributed by atoms with Gasteiger partial charge in [0.25, 0.3) is 5.91 Å². The summed E-state index contributed by atoms with van der Waals surface area (Å²) in [4.78, 5) is 16.2. The Bertz CT molecular complexity index is 319. The Morgan fingerprint density at radius 2 is 2.00 bits per heavy atom. The first-order valence-electron chi connectivity index (χ1n) is 6.06. The van der Waals surface area contributed by atoms with E-state index in [0.717, 1.165) is 26.1 Å². The molecule has 88 valence electrons. The molecule has 2 aliphatic heterocycles. The summed E-state index contributed by atoms with van der Waals surface area (Å²) in [6.07, 6.45) is 4.27. The second-order valence-electron chi connectivity index (χ2n) is 4.78. The summed E-state index contributed by atoms with van der Waals surface area (Å²) in [5.74, 6) is 1.09. The van der Waals surface area contributed by atoms with Gasteiger partial charge in [-0.2, -0.15) is 0 Å². The monoisotopic (exact) mass is 223 g/mol. The summed E-state index contributed by atoms with van der Waals surface area (Å²) in [5.41, 5.74) is 0. The number of hydrogen-bond donors (Lipinski definition) is 2. The van der Waals surface area contributed by atoms with E-state index < -0.39 is 0 Å². The van der Waals surface area contributed by atoms with E-state index in [4.69, 9.17) is 4.74 Å². The van der Waals surface area contributed by atoms with Crippen molar-refractivity contribution in [3.8, 4) is 0 Å². The van der Waals surface area contributed by atoms with E-state index in [1.54, 1.807) is 0 Å². The van der Waals surface area contributed by atoms with E-state index in [0.29, 0.717) is 17.9 Å². The maximum Gasteiger partial charge on any atom is 0.251 e. The number of ether oxygens (including phenoxy) is 1. The zero-order chi connectivity index (χ0) is 11.0. The third-order valence-electron chi connectivity index (χ3n) is 3.41. The topological polar surface area (TPSA) is 62.7 Å². The minimum absolute atomic E-state index is 0.0510. The summed E-state index contributed by atoms with van der Waals surface area (Å²) in [6.45, 7) is 1.52. The van der Waals surface area contributed by atoms with Crippen molar-refractivity contribution in [2.24, 2.45) is 10.9 Å². The first-order chi connectivity index (χ1) is 7.83. The molecule has 16 heavy (non-hydrogen) atoms. The minimum atomic E-state index is -0.190. The van der Waals surface area contributed by atoms with Crippen LogP contribution in [0.5, 0.6) is 0 Å². The molecule has 0 aromatic rings. The highest BCUT2D eigenvalue weighted by Crippen LogP contribution is 2.24. The largest absolute Gasteiger partial charge is 0.381 e. The Kier molecular flexibility index (Phi) is 2.55. The molecule has 1 saturated carbocycles. The fraction of sp³-hybridized carbons (Fsp3) is 0.818. The first kappa shape index (κ1) is 10.1. The number of nitrogens with one attached hydrogen (secondary N) is 2. The summed E-state index contributed by atoms with van der Waals surface area (Å²) < 4.78 is 5.30. The second-order valence-corrected chi connectivity index (χ2v) is 4.78. The van der Waals surface area contributed by atoms with Crippen LogP contribution in [-0.4, -0.2) is 37.2 Å². The van der Waals surface area contributed by atoms with Crippen molar-refractivity contribution in [3.63, 3.8) is 0 Å². The van der Waals surface area contributed by atoms with Crippen molar-refractivity contribution in [1.82, 2.24) is 10.6 Å². The van der Waals surface area contributed by atoms with Crippen LogP contribution in [-0.2, 0) is 9.53 Å². The molecule has 0 aromatic carbocycles. The number of rotatable bonds is 2. The van der Waals surface area contributed by atoms with E-state index in [9.17, 15) is 4.79 Å². The molecule has 2 fully saturated rings. The van der Waals surface area contributed by atoms with E-state index >= 15 is 0 Å². The Labute approximate surface area is 94.6 Å². The van der Waals surface area contributed by atoms with Crippen molar-refractivity contribution in [2.75, 3.05) is 13.2 Å². The molecule has 5 nitrogen and oxygen atoms in total. The maximum absolute atomic E-state index is 11.8. The van der Waals surface area contributed by atoms with Crippen LogP contribution >= 0.6 is 0 Å². The molecule has 0 spiro atoms. The van der Waals surface area contributed by atoms with Crippen molar-refractivity contribution < 1.29 is 9.53 Å². The van der Waals surface area contributed by atoms with Gasteiger partial charge in [-0.15, -0.1) is 0 Å². The zero-order valence-corrected chi connectivity index (χ0v) is 9.24. The zero-order valence-electron chi connectivity index (χ0n) is 9.24. The number of hydrogen-bond acceptors (Lipinski definition) is 4. The molecule has 2 heterocycles. The molecular weight excluding hydrogens is 206 g/mol. The van der Waals surface area contributed by atoms with E-state index in [-0.39, 0.29) is 11.9 Å². The fourth-order valence-corrected chi connectivity index (χ4v) is 2.27. The smallest absolute Gasteiger partial charge is 0.251 e. The first-order valence-corrected chi connectivity index (χ1v) is 6.06. The number of amides is 1. The van der Waals surface area contributed by atoms with E-state index in [1.807, 2.05) is 0 Å². The van der Waals surface area contributed by atoms with Gasteiger partial charge in [0, 0.05) is 19.3 Å². The summed E-state index contributed by atoms with van der Waals surface area (Å²) in [5, 5.41) is 6.07. The number of aliphatic imine (C=N–C) groups is 1. The number of nitrogens with zero attached hydrogens (tertiary/aromatic N) is 1. The molecule has 1 aliphatic carbocycles. The predicted molar refractivity (Wildman–Crippen MR) is 59.1 cm³/mol. The van der Waals surface area contributed by atoms with Gasteiger partial charge >= 0.3 is 0 Å². The lowest BCUT2D eigenvalue weighted by Gasteiger charge is -2.23. The number of carbonyl (C=O) groups is 1. The van der Waals surface area contributed by atoms with Crippen molar-refractivity contribution in [1.29, 1.82) is 0 Å². The molecule has 1 saturated heterocycles. The van der Waals surface area contributed by atoms with Crippen LogP contribution in [0, 0.1) is 5.92 Å². The van der Waals surface area contributed by atoms with Gasteiger partial charge in [-0.3, -0.25) is 10.1 Å². The van der Waals surface area contributed by atoms with Gasteiger partial charge < -0.3 is 10.1 Å². The van der Waals surface area contributed by atoms with Gasteiger partial charge in [0.15, 0.2) is 5.96 Å². The Morgan fingerprint density at radius 1 is 1.25 bits per heavy atom. The van der Waals surface area contributed by atoms with Crippen molar-refractivity contribution >= 4 is 11.9 Å². The summed E-state index contributed by atoms with van der Waals surface area (Å²) in [6, 6.07) is 0.345. The van der Waals surface area contributed by atoms with Gasteiger partial charge in [-0.1, -0.05) is 0 Å². The average Bonchev–Trinajstić information content (AvgIpc) is 3.03. The van der Waals surface area contributed by atoms with Gasteiger partial charge in [-0.25, -0.2) is 4.99 Å². The lowest BCUT2D eigenvalue weighted by Crippen LogP contribution is -2.40. The highest BCUT2D eigenvalue weighted by Gasteiger charge is 2.36. The SMILES string of the molecule is O=C1NC(NC2CC2)=NC1C1CCOCC1. The maximum atomic E-state index is 11.8. The van der Waals surface area contributed by atoms with Gasteiger partial charge in [0.1, 0.15) is 6.04 Å². The van der Waals surface area contributed by atoms with Crippen LogP contribution < -0.4 is 10.6 Å². The van der Waals surface area contributed by atoms with Crippen LogP contribution in [0.2, 0.25) is 0 Å². The third-order valence-corrected chi connectivity index (χ3v) is 3.41. The predicted octanol–water partition coefficient (Wildman–Crippen LogP) is 0.0194. The molecule has 0 aromatic heterocycles. The van der Waals surface area contributed by atoms with Gasteiger partial charge in [0.2, 0.25) is 0 Å². The molecule has 1 amide bonds. The van der Waals surface area contributed by atoms with Crippen LogP contribution in [0.1, 0.15) is 25.7 Å². The van der Waals surface area contributed by atoms with Crippen LogP contribution in [0.15, 0.2) is 4.99 Å². The molecule has 3 aliphatic rings. The van der Waals surface area contributed by atoms with Gasteiger partial charge in [0.05, 0.1) is 0 Å². The van der Waals surface area contributed by atoms with Crippen molar-refractivity contribution in [3.05, 3.63) is 0 Å². The lowest BCUT2D eigenvalue weighted by molar-refractivity contribution is -0.121. The Morgan fingerprint density at radius 3 is 2.69 bits per heavy atom. The molecule has 5 heteroatoms. The molecule has 1 unspecified atom stereocenters. The molecule has 0 bridgehead atoms. The summed E-state index contributed by atoms with van der Waals surface area (Å²) >= 11 is 0. The lowest BCUT2D eigenvalue weighted by atomic mass is 9.92. The fourth-order valence-electron chi connectivity index (χ4n) is 2.27. The highest BCUT2D eigenvalue weighted by molar-refractivity contribution is 6.05. The van der Waals surface area contributed by atoms with Crippen LogP contribution in [0.3, 0.4) is 0 Å². The standard InChI is InChI=1S/C11H17N3O2/c15-10-9(7-3-5-16-6-4-7)13-11(14-10)12-8-1-2-8/h7-9H,1-6H2,(H2,12,13,14,15). The van der Waals surface area contributed by atoms with Crippen LogP contribution in [0.25, 0.3) is 0 Å². The van der Waals surface area contributed by atoms with E-state index in [2.05, 4.69) is 15.6 Å². The highest BCUT2D eigenvalue weighted by atomic mass is 16.5. The number of guanidine groups is 1. The second kappa shape index (κ2) is 4.05. The van der Waals surface area contributed by atoms with E-state index in [1.165, 1.54) is 12.8 Å². The average molecular weight is 223 g/mol. The molecule has 3 rings (SSSR count). The minimum Gasteiger partial charge on any atom is -0.381 e. The summed E-state index contributed by atoms with van der Waals surface area (Å²) in [7, 11) is 0. The molecule has 2 N–H and O–H groups in total. The van der Waals surface area contributed by atoms with Crippen LogP contribution in [0.4, 0.5) is 0 Å². The molecule has 0 radical (unpaired) electrons. The van der Waals surface area contributed by atoms with Gasteiger partial charge in [-0.05, 0) is 31.6 Å². The third kappa shape index (κ3) is 2.04. The van der Waals surface area contributed by atoms with Crippen molar-refractivity contribution in [2.45, 2.75) is 37.8 Å². The Balaban J connectivity index is 1.64. The number of carbonyl (C=O) groups excluding carboxylic acids is 1. The Hall–Kier alpha value is -1.10. The molecular formula is C11H17N3O2. The molecule has 1 atom stereocenters. The normalized spacial score (nSPS) is 31.1.